The van der Waals surface area contributed by atoms with Crippen LogP contribution in [0.2, 0.25) is 12.6 Å². The summed E-state index contributed by atoms with van der Waals surface area (Å²) < 4.78 is 16.1. The smallest absolute Gasteiger partial charge is 0.334 e. The molecule has 80 valence electrons. The van der Waals surface area contributed by atoms with Gasteiger partial charge in [0, 0.05) is 21.3 Å². The summed E-state index contributed by atoms with van der Waals surface area (Å²) in [6.07, 6.45) is 0.966. The molecule has 0 aliphatic carbocycles. The van der Waals surface area contributed by atoms with Gasteiger partial charge in [0.2, 0.25) is 0 Å². The van der Waals surface area contributed by atoms with E-state index in [4.69, 9.17) is 13.6 Å². The summed E-state index contributed by atoms with van der Waals surface area (Å²) in [5.74, 6) is 0. The van der Waals surface area contributed by atoms with E-state index in [1.807, 2.05) is 0 Å². The van der Waals surface area contributed by atoms with Gasteiger partial charge in [-0.05, 0) is 32.9 Å². The predicted octanol–water partition coefficient (Wildman–Crippen LogP) is 2.17. The molecule has 13 heavy (non-hydrogen) atoms. The Morgan fingerprint density at radius 1 is 1.08 bits per heavy atom. The molecular weight excluding hydrogens is 184 g/mol. The van der Waals surface area contributed by atoms with E-state index in [9.17, 15) is 0 Å². The van der Waals surface area contributed by atoms with Crippen LogP contribution in [0.3, 0.4) is 0 Å². The third-order valence-corrected chi connectivity index (χ3v) is 5.48. The summed E-state index contributed by atoms with van der Waals surface area (Å²) in [5, 5.41) is 0. The van der Waals surface area contributed by atoms with Crippen molar-refractivity contribution >= 4 is 8.56 Å². The first-order valence-corrected chi connectivity index (χ1v) is 7.07. The Balaban J connectivity index is 3.99. The fourth-order valence-corrected chi connectivity index (χ4v) is 2.55. The fourth-order valence-electron chi connectivity index (χ4n) is 0.918. The normalized spacial score (nSPS) is 13.4. The molecule has 0 saturated heterocycles. The van der Waals surface area contributed by atoms with Crippen molar-refractivity contribution < 1.29 is 13.6 Å². The van der Waals surface area contributed by atoms with Crippen LogP contribution >= 0.6 is 0 Å². The van der Waals surface area contributed by atoms with Crippen molar-refractivity contribution in [2.75, 3.05) is 21.3 Å². The quantitative estimate of drug-likeness (QED) is 0.623. The summed E-state index contributed by atoms with van der Waals surface area (Å²) in [6, 6.07) is 0.959. The molecule has 0 saturated carbocycles. The molecule has 0 aromatic carbocycles. The third-order valence-electron chi connectivity index (χ3n) is 2.60. The molecule has 0 aromatic rings. The van der Waals surface area contributed by atoms with Gasteiger partial charge in [0.1, 0.15) is 0 Å². The number of rotatable bonds is 6. The molecule has 0 rings (SSSR count). The molecule has 0 radical (unpaired) electrons. The van der Waals surface area contributed by atoms with E-state index in [1.165, 1.54) is 0 Å². The molecule has 0 aromatic heterocycles. The molecule has 0 atom stereocenters. The number of hydrogen-bond donors (Lipinski definition) is 0. The van der Waals surface area contributed by atoms with Gasteiger partial charge >= 0.3 is 8.56 Å². The van der Waals surface area contributed by atoms with Gasteiger partial charge in [-0.25, -0.2) is 0 Å². The second-order valence-electron chi connectivity index (χ2n) is 4.01. The van der Waals surface area contributed by atoms with Crippen molar-refractivity contribution in [1.82, 2.24) is 0 Å². The second kappa shape index (κ2) is 5.10. The van der Waals surface area contributed by atoms with E-state index in [0.717, 1.165) is 12.5 Å². The Bertz CT molecular complexity index is 144. The van der Waals surface area contributed by atoms with Crippen LogP contribution in [0, 0.1) is 0 Å². The minimum Gasteiger partial charge on any atom is -0.398 e. The van der Waals surface area contributed by atoms with Crippen LogP contribution in [-0.2, 0) is 13.6 Å². The SMILES string of the molecule is COC(C)(C)CC[Si](C)(OC)OC. The van der Waals surface area contributed by atoms with Gasteiger partial charge in [0.05, 0.1) is 5.60 Å². The minimum atomic E-state index is -1.90. The molecular formula is C9H22O3Si. The first-order valence-electron chi connectivity index (χ1n) is 4.54. The topological polar surface area (TPSA) is 27.7 Å². The monoisotopic (exact) mass is 206 g/mol. The van der Waals surface area contributed by atoms with Crippen molar-refractivity contribution in [3.05, 3.63) is 0 Å². The highest BCUT2D eigenvalue weighted by Gasteiger charge is 2.31. The highest BCUT2D eigenvalue weighted by Crippen LogP contribution is 2.22. The zero-order chi connectivity index (χ0) is 10.5. The van der Waals surface area contributed by atoms with Crippen molar-refractivity contribution in [2.45, 2.75) is 38.5 Å². The molecule has 0 aliphatic rings. The highest BCUT2D eigenvalue weighted by atomic mass is 28.4. The van der Waals surface area contributed by atoms with E-state index >= 15 is 0 Å². The van der Waals surface area contributed by atoms with Crippen molar-refractivity contribution in [1.29, 1.82) is 0 Å². The van der Waals surface area contributed by atoms with Crippen LogP contribution in [0.15, 0.2) is 0 Å². The number of methoxy groups -OCH3 is 1. The lowest BCUT2D eigenvalue weighted by molar-refractivity contribution is 0.0174. The molecule has 0 fully saturated rings. The lowest BCUT2D eigenvalue weighted by atomic mass is 10.1. The van der Waals surface area contributed by atoms with Crippen LogP contribution in [0.25, 0.3) is 0 Å². The first kappa shape index (κ1) is 13.1. The second-order valence-corrected chi connectivity index (χ2v) is 7.59. The Morgan fingerprint density at radius 3 is 1.85 bits per heavy atom. The largest absolute Gasteiger partial charge is 0.398 e. The van der Waals surface area contributed by atoms with E-state index in [0.29, 0.717) is 0 Å². The van der Waals surface area contributed by atoms with Gasteiger partial charge in [0.15, 0.2) is 0 Å². The molecule has 0 N–H and O–H groups in total. The summed E-state index contributed by atoms with van der Waals surface area (Å²) in [5.41, 5.74) is -0.0781. The lowest BCUT2D eigenvalue weighted by Crippen LogP contribution is -2.38. The zero-order valence-electron chi connectivity index (χ0n) is 9.64. The predicted molar refractivity (Wildman–Crippen MR) is 56.1 cm³/mol. The summed E-state index contributed by atoms with van der Waals surface area (Å²) in [7, 11) is 3.27. The molecule has 0 spiro atoms. The zero-order valence-corrected chi connectivity index (χ0v) is 10.6. The Hall–Kier alpha value is 0.0969. The van der Waals surface area contributed by atoms with Gasteiger partial charge in [-0.2, -0.15) is 0 Å². The summed E-state index contributed by atoms with van der Waals surface area (Å²) in [4.78, 5) is 0. The molecule has 3 nitrogen and oxygen atoms in total. The Kier molecular flexibility index (Phi) is 5.13. The van der Waals surface area contributed by atoms with Gasteiger partial charge in [-0.3, -0.25) is 0 Å². The van der Waals surface area contributed by atoms with E-state index < -0.39 is 8.56 Å². The average molecular weight is 206 g/mol. The van der Waals surface area contributed by atoms with Crippen LogP contribution in [0.5, 0.6) is 0 Å². The molecule has 4 heteroatoms. The third kappa shape index (κ3) is 4.76. The molecule has 0 bridgehead atoms. The molecule has 0 unspecified atom stereocenters. The Labute approximate surface area is 82.6 Å². The molecule has 0 heterocycles. The van der Waals surface area contributed by atoms with E-state index in [2.05, 4.69) is 20.4 Å². The molecule has 0 aliphatic heterocycles. The van der Waals surface area contributed by atoms with Gasteiger partial charge in [0.25, 0.3) is 0 Å². The van der Waals surface area contributed by atoms with Crippen LogP contribution in [0.1, 0.15) is 20.3 Å². The minimum absolute atomic E-state index is 0.0781. The maximum Gasteiger partial charge on any atom is 0.334 e. The van der Waals surface area contributed by atoms with Crippen LogP contribution < -0.4 is 0 Å². The average Bonchev–Trinajstić information content (AvgIpc) is 2.14. The first-order chi connectivity index (χ1) is 5.89. The van der Waals surface area contributed by atoms with Crippen LogP contribution in [0.4, 0.5) is 0 Å². The number of hydrogen-bond acceptors (Lipinski definition) is 3. The fraction of sp³-hybridized carbons (Fsp3) is 1.00. The maximum atomic E-state index is 5.39. The van der Waals surface area contributed by atoms with Crippen molar-refractivity contribution in [2.24, 2.45) is 0 Å². The molecule has 0 amide bonds. The standard InChI is InChI=1S/C9H22O3Si/c1-9(2,10-3)7-8-13(6,11-4)12-5/h7-8H2,1-6H3. The summed E-state index contributed by atoms with van der Waals surface area (Å²) >= 11 is 0. The summed E-state index contributed by atoms with van der Waals surface area (Å²) in [6.45, 7) is 6.22. The number of ether oxygens (including phenoxy) is 1. The van der Waals surface area contributed by atoms with Gasteiger partial charge in [-0.15, -0.1) is 0 Å². The highest BCUT2D eigenvalue weighted by molar-refractivity contribution is 6.65. The van der Waals surface area contributed by atoms with Gasteiger partial charge < -0.3 is 13.6 Å². The van der Waals surface area contributed by atoms with Crippen molar-refractivity contribution in [3.8, 4) is 0 Å². The maximum absolute atomic E-state index is 5.39. The van der Waals surface area contributed by atoms with E-state index in [1.54, 1.807) is 21.3 Å². The van der Waals surface area contributed by atoms with E-state index in [-0.39, 0.29) is 5.60 Å². The van der Waals surface area contributed by atoms with Crippen LogP contribution in [-0.4, -0.2) is 35.5 Å². The Morgan fingerprint density at radius 2 is 1.54 bits per heavy atom. The lowest BCUT2D eigenvalue weighted by Gasteiger charge is -2.28. The van der Waals surface area contributed by atoms with Gasteiger partial charge in [-0.1, -0.05) is 0 Å². The van der Waals surface area contributed by atoms with Crippen molar-refractivity contribution in [3.63, 3.8) is 0 Å².